The number of aryl methyl sites for hydroxylation is 1. The van der Waals surface area contributed by atoms with Crippen molar-refractivity contribution in [2.75, 3.05) is 0 Å². The summed E-state index contributed by atoms with van der Waals surface area (Å²) < 4.78 is 16.0. The van der Waals surface area contributed by atoms with Crippen molar-refractivity contribution in [3.63, 3.8) is 0 Å². The summed E-state index contributed by atoms with van der Waals surface area (Å²) in [5.41, 5.74) is 10.1. The standard InChI is InChI=1S/C22H18FN2O/c1-2-14-6-3-4-7-15(14)13-25-19-11-10-16(23)12-18(19)21-17(22(24)26)8-5-9-20(21)25/h3-11H,2,13H2,1H3,(H2,24,26). The molecule has 0 unspecified atom stereocenters. The quantitative estimate of drug-likeness (QED) is 0.584. The SMILES string of the molecule is CCc1ccccc1Cn1c2ccc(F)[c]c2c2c(C(N)=O)cccc21. The number of hydrogen-bond donors (Lipinski definition) is 1. The fraction of sp³-hybridized carbons (Fsp3) is 0.136. The maximum atomic E-state index is 13.9. The minimum atomic E-state index is -0.527. The van der Waals surface area contributed by atoms with E-state index >= 15 is 0 Å². The van der Waals surface area contributed by atoms with Gasteiger partial charge in [0.1, 0.15) is 5.82 Å². The van der Waals surface area contributed by atoms with Crippen LogP contribution in [-0.2, 0) is 13.0 Å². The number of fused-ring (bicyclic) bond motifs is 3. The number of aromatic nitrogens is 1. The molecule has 4 rings (SSSR count). The van der Waals surface area contributed by atoms with Gasteiger partial charge in [-0.2, -0.15) is 0 Å². The van der Waals surface area contributed by atoms with Crippen LogP contribution in [-0.4, -0.2) is 10.5 Å². The van der Waals surface area contributed by atoms with E-state index in [9.17, 15) is 9.18 Å². The molecule has 3 aromatic carbocycles. The van der Waals surface area contributed by atoms with E-state index in [1.807, 2.05) is 18.2 Å². The van der Waals surface area contributed by atoms with Gasteiger partial charge in [0.25, 0.3) is 0 Å². The van der Waals surface area contributed by atoms with Crippen molar-refractivity contribution in [3.05, 3.63) is 83.2 Å². The Labute approximate surface area is 150 Å². The number of amides is 1. The van der Waals surface area contributed by atoms with Crippen LogP contribution >= 0.6 is 0 Å². The van der Waals surface area contributed by atoms with Crippen LogP contribution in [0, 0.1) is 11.9 Å². The Balaban J connectivity index is 2.05. The summed E-state index contributed by atoms with van der Waals surface area (Å²) in [5.74, 6) is -0.981. The summed E-state index contributed by atoms with van der Waals surface area (Å²) >= 11 is 0. The molecule has 0 bridgehead atoms. The first-order valence-corrected chi connectivity index (χ1v) is 8.59. The number of carbonyl (C=O) groups excluding carboxylic acids is 1. The van der Waals surface area contributed by atoms with Crippen LogP contribution in [0.2, 0.25) is 0 Å². The molecule has 0 aliphatic heterocycles. The predicted octanol–water partition coefficient (Wildman–Crippen LogP) is 4.44. The number of nitrogens with zero attached hydrogens (tertiary/aromatic N) is 1. The molecule has 1 heterocycles. The molecule has 0 spiro atoms. The molecule has 0 saturated heterocycles. The Kier molecular flexibility index (Phi) is 3.96. The molecule has 4 heteroatoms. The van der Waals surface area contributed by atoms with Gasteiger partial charge >= 0.3 is 0 Å². The van der Waals surface area contributed by atoms with Crippen molar-refractivity contribution in [1.82, 2.24) is 4.57 Å². The third-order valence-corrected chi connectivity index (χ3v) is 4.86. The van der Waals surface area contributed by atoms with Crippen LogP contribution in [0.15, 0.2) is 54.6 Å². The smallest absolute Gasteiger partial charge is 0.249 e. The molecule has 2 N–H and O–H groups in total. The largest absolute Gasteiger partial charge is 0.366 e. The van der Waals surface area contributed by atoms with Gasteiger partial charge in [0.15, 0.2) is 0 Å². The second-order valence-corrected chi connectivity index (χ2v) is 6.34. The fourth-order valence-corrected chi connectivity index (χ4v) is 3.64. The monoisotopic (exact) mass is 345 g/mol. The molecule has 0 aliphatic carbocycles. The lowest BCUT2D eigenvalue weighted by Gasteiger charge is -2.11. The van der Waals surface area contributed by atoms with E-state index in [0.717, 1.165) is 17.5 Å². The van der Waals surface area contributed by atoms with E-state index in [0.29, 0.717) is 22.9 Å². The molecule has 1 amide bonds. The highest BCUT2D eigenvalue weighted by Crippen LogP contribution is 2.32. The lowest BCUT2D eigenvalue weighted by Crippen LogP contribution is -2.11. The Morgan fingerprint density at radius 1 is 1.04 bits per heavy atom. The van der Waals surface area contributed by atoms with Crippen LogP contribution < -0.4 is 5.73 Å². The van der Waals surface area contributed by atoms with Gasteiger partial charge in [-0.1, -0.05) is 37.3 Å². The van der Waals surface area contributed by atoms with Crippen molar-refractivity contribution in [2.45, 2.75) is 19.9 Å². The zero-order chi connectivity index (χ0) is 18.3. The number of rotatable bonds is 4. The topological polar surface area (TPSA) is 48.0 Å². The number of hydrogen-bond acceptors (Lipinski definition) is 1. The molecule has 4 aromatic rings. The van der Waals surface area contributed by atoms with E-state index in [2.05, 4.69) is 29.7 Å². The lowest BCUT2D eigenvalue weighted by atomic mass is 10.1. The van der Waals surface area contributed by atoms with E-state index in [1.54, 1.807) is 18.2 Å². The molecule has 26 heavy (non-hydrogen) atoms. The normalized spacial score (nSPS) is 11.3. The van der Waals surface area contributed by atoms with Crippen molar-refractivity contribution in [2.24, 2.45) is 5.73 Å². The molecule has 1 radical (unpaired) electrons. The summed E-state index contributed by atoms with van der Waals surface area (Å²) in [7, 11) is 0. The molecule has 0 atom stereocenters. The average Bonchev–Trinajstić information content (AvgIpc) is 2.95. The highest BCUT2D eigenvalue weighted by atomic mass is 19.1. The first-order valence-electron chi connectivity index (χ1n) is 8.59. The van der Waals surface area contributed by atoms with Crippen LogP contribution in [0.3, 0.4) is 0 Å². The second-order valence-electron chi connectivity index (χ2n) is 6.34. The second kappa shape index (κ2) is 6.30. The summed E-state index contributed by atoms with van der Waals surface area (Å²) in [6.07, 6.45) is 0.931. The molecule has 1 aromatic heterocycles. The Hall–Kier alpha value is -3.14. The molecule has 0 aliphatic rings. The zero-order valence-electron chi connectivity index (χ0n) is 14.4. The first kappa shape index (κ1) is 16.3. The molecule has 0 fully saturated rings. The molecule has 3 nitrogen and oxygen atoms in total. The van der Waals surface area contributed by atoms with Gasteiger partial charge in [-0.25, -0.2) is 4.39 Å². The zero-order valence-corrected chi connectivity index (χ0v) is 14.4. The lowest BCUT2D eigenvalue weighted by molar-refractivity contribution is 0.100. The Morgan fingerprint density at radius 2 is 1.81 bits per heavy atom. The summed E-state index contributed by atoms with van der Waals surface area (Å²) in [5, 5.41) is 1.24. The van der Waals surface area contributed by atoms with Crippen LogP contribution in [0.25, 0.3) is 21.8 Å². The predicted molar refractivity (Wildman–Crippen MR) is 102 cm³/mol. The molecule has 0 saturated carbocycles. The minimum Gasteiger partial charge on any atom is -0.366 e. The van der Waals surface area contributed by atoms with E-state index < -0.39 is 11.7 Å². The van der Waals surface area contributed by atoms with E-state index in [4.69, 9.17) is 5.73 Å². The van der Waals surface area contributed by atoms with Crippen molar-refractivity contribution in [3.8, 4) is 0 Å². The number of carbonyl (C=O) groups is 1. The van der Waals surface area contributed by atoms with Crippen molar-refractivity contribution >= 4 is 27.7 Å². The molecule has 129 valence electrons. The molecular weight excluding hydrogens is 327 g/mol. The number of nitrogens with two attached hydrogens (primary N) is 1. The van der Waals surface area contributed by atoms with Gasteiger partial charge in [0.2, 0.25) is 5.91 Å². The van der Waals surface area contributed by atoms with E-state index in [1.165, 1.54) is 17.2 Å². The van der Waals surface area contributed by atoms with Gasteiger partial charge < -0.3 is 10.3 Å². The Bertz CT molecular complexity index is 1140. The number of halogens is 1. The summed E-state index contributed by atoms with van der Waals surface area (Å²) in [6.45, 7) is 2.75. The molecular formula is C22H18FN2O. The fourth-order valence-electron chi connectivity index (χ4n) is 3.64. The number of primary amides is 1. The average molecular weight is 345 g/mol. The van der Waals surface area contributed by atoms with Crippen molar-refractivity contribution < 1.29 is 9.18 Å². The van der Waals surface area contributed by atoms with Gasteiger partial charge in [0.05, 0.1) is 11.0 Å². The summed E-state index contributed by atoms with van der Waals surface area (Å²) in [4.78, 5) is 11.9. The first-order chi connectivity index (χ1) is 12.6. The highest BCUT2D eigenvalue weighted by molar-refractivity contribution is 6.17. The summed E-state index contributed by atoms with van der Waals surface area (Å²) in [6, 6.07) is 19.6. The van der Waals surface area contributed by atoms with Crippen molar-refractivity contribution in [1.29, 1.82) is 0 Å². The van der Waals surface area contributed by atoms with Gasteiger partial charge in [0, 0.05) is 28.9 Å². The van der Waals surface area contributed by atoms with Gasteiger partial charge in [-0.05, 0) is 41.8 Å². The van der Waals surface area contributed by atoms with Crippen LogP contribution in [0.4, 0.5) is 4.39 Å². The maximum Gasteiger partial charge on any atom is 0.249 e. The number of benzene rings is 3. The Morgan fingerprint density at radius 3 is 2.54 bits per heavy atom. The van der Waals surface area contributed by atoms with Gasteiger partial charge in [-0.3, -0.25) is 4.79 Å². The highest BCUT2D eigenvalue weighted by Gasteiger charge is 2.17. The third-order valence-electron chi connectivity index (χ3n) is 4.86. The maximum absolute atomic E-state index is 13.9. The van der Waals surface area contributed by atoms with Crippen LogP contribution in [0.5, 0.6) is 0 Å². The third kappa shape index (κ3) is 2.54. The van der Waals surface area contributed by atoms with E-state index in [-0.39, 0.29) is 0 Å². The van der Waals surface area contributed by atoms with Crippen LogP contribution in [0.1, 0.15) is 28.4 Å². The van der Waals surface area contributed by atoms with Gasteiger partial charge in [-0.15, -0.1) is 0 Å². The minimum absolute atomic E-state index is 0.386.